The van der Waals surface area contributed by atoms with E-state index in [2.05, 4.69) is 46.8 Å². The highest BCUT2D eigenvalue weighted by Crippen LogP contribution is 2.38. The number of anilines is 2. The predicted octanol–water partition coefficient (Wildman–Crippen LogP) is 3.39. The fourth-order valence-corrected chi connectivity index (χ4v) is 3.67. The summed E-state index contributed by atoms with van der Waals surface area (Å²) in [5, 5.41) is 26.6. The molecule has 0 radical (unpaired) electrons. The number of benzene rings is 1. The second kappa shape index (κ2) is 9.60. The summed E-state index contributed by atoms with van der Waals surface area (Å²) in [6, 6.07) is 7.00. The van der Waals surface area contributed by atoms with E-state index in [1.165, 1.54) is 24.4 Å². The Labute approximate surface area is 210 Å². The van der Waals surface area contributed by atoms with Crippen molar-refractivity contribution < 1.29 is 33.0 Å². The molecule has 1 aliphatic rings. The zero-order chi connectivity index (χ0) is 26.1. The highest BCUT2D eigenvalue weighted by atomic mass is 79.9. The summed E-state index contributed by atoms with van der Waals surface area (Å²) in [5.41, 5.74) is -1.68. The van der Waals surface area contributed by atoms with Crippen molar-refractivity contribution in [1.29, 1.82) is 0 Å². The number of hydrogen-bond donors (Lipinski definition) is 5. The first-order chi connectivity index (χ1) is 16.9. The number of carbonyl (C=O) groups excluding carboxylic acids is 2. The Bertz CT molecular complexity index is 1300. The molecule has 10 nitrogen and oxygen atoms in total. The SMILES string of the molecule is O=C(NC1(C(=O)NCc2ccc(Nc3ccc(Br)cc3C(F)(F)F)cn2)CC1)c1cc(O)nc(O)n1. The average Bonchev–Trinajstić information content (AvgIpc) is 3.59. The maximum Gasteiger partial charge on any atom is 0.418 e. The lowest BCUT2D eigenvalue weighted by Gasteiger charge is -2.17. The smallest absolute Gasteiger partial charge is 0.418 e. The number of rotatable bonds is 7. The fraction of sp³-hybridized carbons (Fsp3) is 0.227. The molecule has 36 heavy (non-hydrogen) atoms. The molecule has 1 fully saturated rings. The second-order valence-corrected chi connectivity index (χ2v) is 8.90. The highest BCUT2D eigenvalue weighted by molar-refractivity contribution is 9.10. The first-order valence-electron chi connectivity index (χ1n) is 10.4. The Morgan fingerprint density at radius 2 is 1.83 bits per heavy atom. The molecule has 0 bridgehead atoms. The summed E-state index contributed by atoms with van der Waals surface area (Å²) >= 11 is 3.04. The summed E-state index contributed by atoms with van der Waals surface area (Å²) < 4.78 is 40.2. The summed E-state index contributed by atoms with van der Waals surface area (Å²) in [6.45, 7) is 0.0118. The van der Waals surface area contributed by atoms with E-state index < -0.39 is 41.0 Å². The van der Waals surface area contributed by atoms with Crippen LogP contribution in [0.3, 0.4) is 0 Å². The van der Waals surface area contributed by atoms with E-state index in [0.717, 1.165) is 12.1 Å². The number of nitrogens with zero attached hydrogens (tertiary/aromatic N) is 3. The van der Waals surface area contributed by atoms with Gasteiger partial charge in [0.25, 0.3) is 5.91 Å². The van der Waals surface area contributed by atoms with Crippen LogP contribution >= 0.6 is 15.9 Å². The standard InChI is InChI=1S/C22H18BrF3N6O4/c23-11-1-4-15(14(7-11)22(24,25)26)29-13-3-2-12(27-10-13)9-28-19(35)21(5-6-21)32-18(34)16-8-17(33)31-20(36)30-16/h1-4,7-8,10,29H,5-6,9H2,(H,28,35)(H,32,34)(H2,30,31,33,36). The van der Waals surface area contributed by atoms with E-state index in [-0.39, 0.29) is 17.9 Å². The molecule has 5 N–H and O–H groups in total. The van der Waals surface area contributed by atoms with E-state index in [9.17, 15) is 33.0 Å². The topological polar surface area (TPSA) is 149 Å². The van der Waals surface area contributed by atoms with E-state index in [1.807, 2.05) is 0 Å². The largest absolute Gasteiger partial charge is 0.493 e. The molecule has 14 heteroatoms. The Hall–Kier alpha value is -3.94. The maximum atomic E-state index is 13.3. The molecule has 0 unspecified atom stereocenters. The number of halogens is 4. The molecule has 1 saturated carbocycles. The van der Waals surface area contributed by atoms with Crippen molar-refractivity contribution in [2.75, 3.05) is 5.32 Å². The minimum atomic E-state index is -4.55. The number of hydrogen-bond acceptors (Lipinski definition) is 8. The van der Waals surface area contributed by atoms with Crippen molar-refractivity contribution in [1.82, 2.24) is 25.6 Å². The molecule has 1 aliphatic carbocycles. The van der Waals surface area contributed by atoms with Crippen molar-refractivity contribution in [2.45, 2.75) is 31.1 Å². The predicted molar refractivity (Wildman–Crippen MR) is 123 cm³/mol. The van der Waals surface area contributed by atoms with Crippen LogP contribution in [0.1, 0.15) is 34.6 Å². The number of nitrogens with one attached hydrogen (secondary N) is 3. The molecule has 3 aromatic rings. The van der Waals surface area contributed by atoms with E-state index in [4.69, 9.17) is 0 Å². The van der Waals surface area contributed by atoms with E-state index in [1.54, 1.807) is 6.07 Å². The monoisotopic (exact) mass is 566 g/mol. The van der Waals surface area contributed by atoms with Crippen LogP contribution in [0.2, 0.25) is 0 Å². The Balaban J connectivity index is 1.36. The number of pyridine rings is 1. The van der Waals surface area contributed by atoms with Crippen molar-refractivity contribution in [2.24, 2.45) is 0 Å². The van der Waals surface area contributed by atoms with Gasteiger partial charge in [-0.05, 0) is 43.2 Å². The highest BCUT2D eigenvalue weighted by Gasteiger charge is 2.51. The van der Waals surface area contributed by atoms with Crippen LogP contribution in [-0.4, -0.2) is 42.5 Å². The molecular formula is C22H18BrF3N6O4. The minimum Gasteiger partial charge on any atom is -0.493 e. The van der Waals surface area contributed by atoms with Crippen LogP contribution in [0.25, 0.3) is 0 Å². The molecule has 4 rings (SSSR count). The number of carbonyl (C=O) groups is 2. The van der Waals surface area contributed by atoms with Crippen LogP contribution in [0.15, 0.2) is 47.1 Å². The summed E-state index contributed by atoms with van der Waals surface area (Å²) in [4.78, 5) is 36.0. The van der Waals surface area contributed by atoms with Gasteiger partial charge in [0, 0.05) is 10.5 Å². The van der Waals surface area contributed by atoms with Crippen molar-refractivity contribution >= 4 is 39.1 Å². The zero-order valence-corrected chi connectivity index (χ0v) is 19.8. The number of alkyl halides is 3. The average molecular weight is 567 g/mol. The van der Waals surface area contributed by atoms with Gasteiger partial charge in [-0.25, -0.2) is 0 Å². The lowest BCUT2D eigenvalue weighted by Crippen LogP contribution is -2.49. The van der Waals surface area contributed by atoms with Gasteiger partial charge in [0.05, 0.1) is 35.4 Å². The van der Waals surface area contributed by atoms with Crippen LogP contribution in [-0.2, 0) is 17.5 Å². The molecular weight excluding hydrogens is 549 g/mol. The van der Waals surface area contributed by atoms with Crippen molar-refractivity contribution in [3.8, 4) is 11.9 Å². The fourth-order valence-electron chi connectivity index (χ4n) is 3.31. The van der Waals surface area contributed by atoms with Gasteiger partial charge >= 0.3 is 12.2 Å². The Morgan fingerprint density at radius 1 is 1.08 bits per heavy atom. The first kappa shape index (κ1) is 25.2. The molecule has 0 atom stereocenters. The van der Waals surface area contributed by atoms with Gasteiger partial charge in [-0.3, -0.25) is 14.6 Å². The van der Waals surface area contributed by atoms with E-state index in [0.29, 0.717) is 28.7 Å². The molecule has 188 valence electrons. The van der Waals surface area contributed by atoms with Crippen LogP contribution < -0.4 is 16.0 Å². The van der Waals surface area contributed by atoms with Gasteiger partial charge in [0.1, 0.15) is 11.2 Å². The molecule has 0 saturated heterocycles. The zero-order valence-electron chi connectivity index (χ0n) is 18.2. The number of aromatic hydroxyl groups is 2. The van der Waals surface area contributed by atoms with Crippen molar-refractivity contribution in [3.05, 3.63) is 64.0 Å². The normalized spacial score (nSPS) is 14.1. The molecule has 2 aromatic heterocycles. The lowest BCUT2D eigenvalue weighted by atomic mass is 10.1. The van der Waals surface area contributed by atoms with Crippen molar-refractivity contribution in [3.63, 3.8) is 0 Å². The van der Waals surface area contributed by atoms with Gasteiger partial charge in [-0.15, -0.1) is 0 Å². The quantitative estimate of drug-likeness (QED) is 0.292. The molecule has 2 amide bonds. The summed E-state index contributed by atoms with van der Waals surface area (Å²) in [7, 11) is 0. The van der Waals surface area contributed by atoms with Gasteiger partial charge in [-0.2, -0.15) is 23.1 Å². The first-order valence-corrected chi connectivity index (χ1v) is 11.2. The summed E-state index contributed by atoms with van der Waals surface area (Å²) in [5.74, 6) is -1.83. The van der Waals surface area contributed by atoms with Gasteiger partial charge in [-0.1, -0.05) is 15.9 Å². The third-order valence-electron chi connectivity index (χ3n) is 5.29. The van der Waals surface area contributed by atoms with Gasteiger partial charge in [0.2, 0.25) is 11.8 Å². The Kier molecular flexibility index (Phi) is 6.71. The van der Waals surface area contributed by atoms with Gasteiger partial charge < -0.3 is 26.2 Å². The number of amides is 2. The summed E-state index contributed by atoms with van der Waals surface area (Å²) in [6.07, 6.45) is -2.46. The van der Waals surface area contributed by atoms with Crippen LogP contribution in [0.5, 0.6) is 11.9 Å². The molecule has 1 aromatic carbocycles. The minimum absolute atomic E-state index is 0.0118. The number of aromatic nitrogens is 3. The molecule has 2 heterocycles. The molecule has 0 spiro atoms. The third kappa shape index (κ3) is 5.82. The van der Waals surface area contributed by atoms with Crippen LogP contribution in [0.4, 0.5) is 24.5 Å². The third-order valence-corrected chi connectivity index (χ3v) is 5.78. The lowest BCUT2D eigenvalue weighted by molar-refractivity contribution is -0.137. The van der Waals surface area contributed by atoms with E-state index >= 15 is 0 Å². The van der Waals surface area contributed by atoms with Crippen LogP contribution in [0, 0.1) is 0 Å². The Morgan fingerprint density at radius 3 is 2.44 bits per heavy atom. The second-order valence-electron chi connectivity index (χ2n) is 7.98. The van der Waals surface area contributed by atoms with Gasteiger partial charge in [0.15, 0.2) is 0 Å². The maximum absolute atomic E-state index is 13.3. The molecule has 0 aliphatic heterocycles.